The van der Waals surface area contributed by atoms with E-state index in [2.05, 4.69) is 10.3 Å². The topological polar surface area (TPSA) is 88.8 Å². The molecule has 0 bridgehead atoms. The maximum atomic E-state index is 12.3. The molecule has 116 valence electrons. The van der Waals surface area contributed by atoms with E-state index in [1.54, 1.807) is 13.2 Å². The minimum Gasteiger partial charge on any atom is -0.383 e. The molecule has 8 nitrogen and oxygen atoms in total. The second-order valence-electron chi connectivity index (χ2n) is 4.75. The second kappa shape index (κ2) is 5.96. The van der Waals surface area contributed by atoms with Crippen molar-refractivity contribution in [2.45, 2.75) is 4.90 Å². The minimum absolute atomic E-state index is 0.0765. The molecule has 0 atom stereocenters. The van der Waals surface area contributed by atoms with Crippen molar-refractivity contribution in [3.63, 3.8) is 0 Å². The average molecular weight is 314 g/mol. The highest BCUT2D eigenvalue weighted by molar-refractivity contribution is 7.89. The summed E-state index contributed by atoms with van der Waals surface area (Å²) in [5.41, 5.74) is 1.38. The smallest absolute Gasteiger partial charge is 0.244 e. The van der Waals surface area contributed by atoms with Crippen LogP contribution in [0.3, 0.4) is 0 Å². The predicted octanol–water partition coefficient (Wildman–Crippen LogP) is 0.556. The van der Waals surface area contributed by atoms with Gasteiger partial charge in [0, 0.05) is 34.8 Å². The van der Waals surface area contributed by atoms with Gasteiger partial charge in [-0.05, 0) is 22.4 Å². The van der Waals surface area contributed by atoms with Gasteiger partial charge in [0.15, 0.2) is 11.0 Å². The third-order valence-corrected chi connectivity index (χ3v) is 5.00. The summed E-state index contributed by atoms with van der Waals surface area (Å²) in [6, 6.07) is 3.21. The number of methoxy groups -OCH3 is 1. The molecule has 0 spiro atoms. The summed E-state index contributed by atoms with van der Waals surface area (Å²) in [5, 5.41) is 7.57. The van der Waals surface area contributed by atoms with Crippen molar-refractivity contribution >= 4 is 26.7 Å². The summed E-state index contributed by atoms with van der Waals surface area (Å²) < 4.78 is 35.5. The number of aromatic nitrogens is 2. The number of likely N-dealkylation sites (N-methyl/N-ethyl adjacent to an activating group) is 1. The average Bonchev–Trinajstić information content (AvgIpc) is 2.92. The van der Waals surface area contributed by atoms with Crippen molar-refractivity contribution in [1.82, 2.24) is 14.6 Å². The van der Waals surface area contributed by atoms with Gasteiger partial charge in [-0.1, -0.05) is 0 Å². The van der Waals surface area contributed by atoms with Crippen molar-refractivity contribution in [2.24, 2.45) is 0 Å². The standard InChI is InChI=1S/C12H18N4O4S/c1-15(2)21(17,18)10-6-5-9(16(3)7-8-19-4)11-12(10)14-20-13-11/h5-6H,7-8H2,1-4H3. The normalized spacial score (nSPS) is 12.2. The summed E-state index contributed by atoms with van der Waals surface area (Å²) in [4.78, 5) is 1.98. The Morgan fingerprint density at radius 1 is 1.19 bits per heavy atom. The lowest BCUT2D eigenvalue weighted by molar-refractivity contribution is 0.206. The Morgan fingerprint density at radius 2 is 1.86 bits per heavy atom. The van der Waals surface area contributed by atoms with Gasteiger partial charge in [-0.2, -0.15) is 0 Å². The SMILES string of the molecule is COCCN(C)c1ccc(S(=O)(=O)N(C)C)c2nonc12. The van der Waals surface area contributed by atoms with Crippen LogP contribution in [0.5, 0.6) is 0 Å². The number of sulfonamides is 1. The number of benzene rings is 1. The maximum Gasteiger partial charge on any atom is 0.244 e. The van der Waals surface area contributed by atoms with Gasteiger partial charge >= 0.3 is 0 Å². The van der Waals surface area contributed by atoms with Crippen molar-refractivity contribution in [1.29, 1.82) is 0 Å². The Balaban J connectivity index is 2.54. The van der Waals surface area contributed by atoms with Gasteiger partial charge in [-0.25, -0.2) is 17.4 Å². The maximum absolute atomic E-state index is 12.3. The fourth-order valence-electron chi connectivity index (χ4n) is 1.89. The Kier molecular flexibility index (Phi) is 4.45. The highest BCUT2D eigenvalue weighted by Gasteiger charge is 2.25. The van der Waals surface area contributed by atoms with E-state index >= 15 is 0 Å². The number of fused-ring (bicyclic) bond motifs is 1. The zero-order valence-electron chi connectivity index (χ0n) is 12.4. The van der Waals surface area contributed by atoms with Crippen LogP contribution in [0.15, 0.2) is 21.7 Å². The number of ether oxygens (including phenoxy) is 1. The van der Waals surface area contributed by atoms with Crippen LogP contribution in [-0.4, -0.2) is 64.4 Å². The summed E-state index contributed by atoms with van der Waals surface area (Å²) in [7, 11) is 2.81. The fraction of sp³-hybridized carbons (Fsp3) is 0.500. The van der Waals surface area contributed by atoms with Crippen LogP contribution in [0.2, 0.25) is 0 Å². The van der Waals surface area contributed by atoms with Gasteiger partial charge in [-0.3, -0.25) is 0 Å². The molecule has 21 heavy (non-hydrogen) atoms. The van der Waals surface area contributed by atoms with Crippen LogP contribution in [0.25, 0.3) is 11.0 Å². The van der Waals surface area contributed by atoms with Crippen molar-refractivity contribution in [2.75, 3.05) is 46.3 Å². The molecular weight excluding hydrogens is 296 g/mol. The van der Waals surface area contributed by atoms with Crippen LogP contribution in [0.1, 0.15) is 0 Å². The molecular formula is C12H18N4O4S. The van der Waals surface area contributed by atoms with Gasteiger partial charge in [0.2, 0.25) is 10.0 Å². The minimum atomic E-state index is -3.61. The van der Waals surface area contributed by atoms with Crippen LogP contribution in [-0.2, 0) is 14.8 Å². The number of hydrogen-bond acceptors (Lipinski definition) is 7. The van der Waals surface area contributed by atoms with E-state index in [9.17, 15) is 8.42 Å². The molecule has 0 saturated carbocycles. The molecule has 2 rings (SSSR count). The molecule has 9 heteroatoms. The number of anilines is 1. The first-order valence-corrected chi connectivity index (χ1v) is 7.71. The third-order valence-electron chi connectivity index (χ3n) is 3.16. The largest absolute Gasteiger partial charge is 0.383 e. The summed E-state index contributed by atoms with van der Waals surface area (Å²) in [6.07, 6.45) is 0. The molecule has 0 unspecified atom stereocenters. The first-order valence-electron chi connectivity index (χ1n) is 6.27. The van der Waals surface area contributed by atoms with Gasteiger partial charge < -0.3 is 9.64 Å². The highest BCUT2D eigenvalue weighted by Crippen LogP contribution is 2.29. The monoisotopic (exact) mass is 314 g/mol. The van der Waals surface area contributed by atoms with E-state index in [-0.39, 0.29) is 10.4 Å². The van der Waals surface area contributed by atoms with Crippen LogP contribution < -0.4 is 4.90 Å². The van der Waals surface area contributed by atoms with Gasteiger partial charge in [-0.15, -0.1) is 0 Å². The molecule has 1 heterocycles. The summed E-state index contributed by atoms with van der Waals surface area (Å²) >= 11 is 0. The van der Waals surface area contributed by atoms with E-state index in [0.29, 0.717) is 18.7 Å². The quantitative estimate of drug-likeness (QED) is 0.769. The van der Waals surface area contributed by atoms with Gasteiger partial charge in [0.1, 0.15) is 4.90 Å². The first-order chi connectivity index (χ1) is 9.89. The number of nitrogens with zero attached hydrogens (tertiary/aromatic N) is 4. The predicted molar refractivity (Wildman–Crippen MR) is 77.8 cm³/mol. The highest BCUT2D eigenvalue weighted by atomic mass is 32.2. The Labute approximate surface area is 123 Å². The van der Waals surface area contributed by atoms with E-state index in [4.69, 9.17) is 9.37 Å². The molecule has 0 radical (unpaired) electrons. The zero-order chi connectivity index (χ0) is 15.6. The molecule has 0 amide bonds. The Bertz CT molecular complexity index is 726. The van der Waals surface area contributed by atoms with Crippen LogP contribution >= 0.6 is 0 Å². The molecule has 2 aromatic rings. The molecule has 1 aromatic carbocycles. The molecule has 0 aliphatic carbocycles. The first kappa shape index (κ1) is 15.7. The second-order valence-corrected chi connectivity index (χ2v) is 6.87. The van der Waals surface area contributed by atoms with E-state index in [1.165, 1.54) is 20.2 Å². The molecule has 1 aromatic heterocycles. The summed E-state index contributed by atoms with van der Waals surface area (Å²) in [6.45, 7) is 1.18. The molecule has 0 aliphatic heterocycles. The van der Waals surface area contributed by atoms with Gasteiger partial charge in [0.05, 0.1) is 12.3 Å². The van der Waals surface area contributed by atoms with E-state index in [1.807, 2.05) is 11.9 Å². The number of rotatable bonds is 6. The molecule has 0 saturated heterocycles. The zero-order valence-corrected chi connectivity index (χ0v) is 13.2. The Hall–Kier alpha value is -1.71. The number of hydrogen-bond donors (Lipinski definition) is 0. The Morgan fingerprint density at radius 3 is 2.48 bits per heavy atom. The molecule has 0 fully saturated rings. The van der Waals surface area contributed by atoms with Gasteiger partial charge in [0.25, 0.3) is 0 Å². The summed E-state index contributed by atoms with van der Waals surface area (Å²) in [5.74, 6) is 0. The molecule has 0 N–H and O–H groups in total. The third kappa shape index (κ3) is 2.85. The molecule has 0 aliphatic rings. The van der Waals surface area contributed by atoms with Crippen molar-refractivity contribution in [3.05, 3.63) is 12.1 Å². The van der Waals surface area contributed by atoms with Crippen molar-refractivity contribution in [3.8, 4) is 0 Å². The van der Waals surface area contributed by atoms with Crippen LogP contribution in [0.4, 0.5) is 5.69 Å². The lowest BCUT2D eigenvalue weighted by Gasteiger charge is -2.19. The fourth-order valence-corrected chi connectivity index (χ4v) is 2.90. The van der Waals surface area contributed by atoms with Crippen LogP contribution in [0, 0.1) is 0 Å². The lowest BCUT2D eigenvalue weighted by atomic mass is 10.2. The van der Waals surface area contributed by atoms with E-state index < -0.39 is 10.0 Å². The van der Waals surface area contributed by atoms with E-state index in [0.717, 1.165) is 9.99 Å². The van der Waals surface area contributed by atoms with Crippen molar-refractivity contribution < 1.29 is 17.8 Å². The lowest BCUT2D eigenvalue weighted by Crippen LogP contribution is -2.24.